The molecular weight excluding hydrogens is 312 g/mol. The number of thioether (sulfide) groups is 3. The minimum absolute atomic E-state index is 0.225. The largest absolute Gasteiger partial charge is 0.396 e. The van der Waals surface area contributed by atoms with Gasteiger partial charge in [0.25, 0.3) is 0 Å². The number of hydrogen-bond acceptors (Lipinski definition) is 7. The third-order valence-corrected chi connectivity index (χ3v) is 6.83. The van der Waals surface area contributed by atoms with Crippen LogP contribution < -0.4 is 0 Å². The van der Waals surface area contributed by atoms with Gasteiger partial charge in [0.05, 0.1) is 12.7 Å². The van der Waals surface area contributed by atoms with Crippen molar-refractivity contribution < 1.29 is 10.2 Å². The van der Waals surface area contributed by atoms with Gasteiger partial charge in [-0.25, -0.2) is 0 Å². The summed E-state index contributed by atoms with van der Waals surface area (Å²) in [6.07, 6.45) is -0.228. The maximum atomic E-state index is 9.70. The van der Waals surface area contributed by atoms with Crippen LogP contribution in [0.15, 0.2) is 0 Å². The van der Waals surface area contributed by atoms with Crippen LogP contribution in [0, 0.1) is 0 Å². The Kier molecular flexibility index (Phi) is 15.5. The molecule has 7 heteroatoms. The van der Waals surface area contributed by atoms with Crippen molar-refractivity contribution in [3.05, 3.63) is 0 Å². The maximum Gasteiger partial charge on any atom is 0.0720 e. The van der Waals surface area contributed by atoms with Crippen molar-refractivity contribution in [2.24, 2.45) is 0 Å². The molecule has 0 aliphatic heterocycles. The van der Waals surface area contributed by atoms with Crippen LogP contribution in [0.2, 0.25) is 0 Å². The average molecular weight is 335 g/mol. The Morgan fingerprint density at radius 1 is 1.00 bits per heavy atom. The van der Waals surface area contributed by atoms with Crippen LogP contribution in [0.4, 0.5) is 0 Å². The van der Waals surface area contributed by atoms with E-state index in [1.165, 1.54) is 0 Å². The summed E-state index contributed by atoms with van der Waals surface area (Å²) >= 11 is 13.7. The highest BCUT2D eigenvalue weighted by Gasteiger charge is 2.09. The Bertz CT molecular complexity index is 162. The predicted octanol–water partition coefficient (Wildman–Crippen LogP) is 1.77. The number of thiol groups is 2. The van der Waals surface area contributed by atoms with Crippen molar-refractivity contribution in [3.63, 3.8) is 0 Å². The van der Waals surface area contributed by atoms with E-state index in [0.717, 1.165) is 40.3 Å². The maximum absolute atomic E-state index is 9.70. The van der Waals surface area contributed by atoms with Gasteiger partial charge in [-0.2, -0.15) is 60.5 Å². The van der Waals surface area contributed by atoms with E-state index in [-0.39, 0.29) is 12.7 Å². The van der Waals surface area contributed by atoms with Crippen molar-refractivity contribution in [1.82, 2.24) is 0 Å². The van der Waals surface area contributed by atoms with Crippen LogP contribution in [0.5, 0.6) is 0 Å². The monoisotopic (exact) mass is 334 g/mol. The fourth-order valence-corrected chi connectivity index (χ4v) is 5.01. The van der Waals surface area contributed by atoms with Crippen LogP contribution in [-0.4, -0.2) is 68.4 Å². The molecule has 0 heterocycles. The molecule has 0 aliphatic rings. The first-order valence-electron chi connectivity index (χ1n) is 5.52. The summed E-state index contributed by atoms with van der Waals surface area (Å²) in [7, 11) is 0. The third-order valence-electron chi connectivity index (χ3n) is 1.81. The van der Waals surface area contributed by atoms with Crippen LogP contribution in [0.25, 0.3) is 0 Å². The second kappa shape index (κ2) is 14.1. The molecular formula is C10H22O2S5. The second-order valence-electron chi connectivity index (χ2n) is 3.39. The lowest BCUT2D eigenvalue weighted by molar-refractivity contribution is 0.225. The van der Waals surface area contributed by atoms with Gasteiger partial charge in [0.15, 0.2) is 0 Å². The molecule has 0 aromatic heterocycles. The summed E-state index contributed by atoms with van der Waals surface area (Å²) in [4.78, 5) is 0. The molecule has 0 amide bonds. The molecule has 0 rings (SSSR count). The first-order chi connectivity index (χ1) is 8.24. The zero-order valence-corrected chi connectivity index (χ0v) is 14.1. The number of aliphatic hydroxyl groups is 2. The van der Waals surface area contributed by atoms with Gasteiger partial charge in [-0.1, -0.05) is 0 Å². The van der Waals surface area contributed by atoms with Gasteiger partial charge in [-0.15, -0.1) is 0 Å². The number of aliphatic hydroxyl groups excluding tert-OH is 2. The molecule has 0 aromatic rings. The van der Waals surface area contributed by atoms with Gasteiger partial charge in [0, 0.05) is 39.8 Å². The highest BCUT2D eigenvalue weighted by molar-refractivity contribution is 8.04. The lowest BCUT2D eigenvalue weighted by Gasteiger charge is -2.14. The molecule has 17 heavy (non-hydrogen) atoms. The predicted molar refractivity (Wildman–Crippen MR) is 91.7 cm³/mol. The number of rotatable bonds is 12. The van der Waals surface area contributed by atoms with Crippen molar-refractivity contribution in [2.45, 2.75) is 11.4 Å². The summed E-state index contributed by atoms with van der Waals surface area (Å²) in [5, 5.41) is 18.9. The Labute approximate surface area is 128 Å². The molecule has 2 nitrogen and oxygen atoms in total. The molecule has 0 fully saturated rings. The van der Waals surface area contributed by atoms with E-state index in [0.29, 0.717) is 5.25 Å². The normalized spacial score (nSPS) is 14.8. The molecule has 0 aliphatic carbocycles. The second-order valence-corrected chi connectivity index (χ2v) is 7.83. The van der Waals surface area contributed by atoms with Crippen molar-refractivity contribution in [1.29, 1.82) is 0 Å². The van der Waals surface area contributed by atoms with E-state index >= 15 is 0 Å². The van der Waals surface area contributed by atoms with E-state index in [9.17, 15) is 5.11 Å². The molecule has 0 spiro atoms. The summed E-state index contributed by atoms with van der Waals surface area (Å²) in [5.74, 6) is 6.02. The smallest absolute Gasteiger partial charge is 0.0720 e. The molecule has 104 valence electrons. The van der Waals surface area contributed by atoms with Crippen LogP contribution in [0.3, 0.4) is 0 Å². The van der Waals surface area contributed by atoms with Gasteiger partial charge < -0.3 is 10.2 Å². The number of hydrogen-bond donors (Lipinski definition) is 4. The average Bonchev–Trinajstić information content (AvgIpc) is 2.34. The van der Waals surface area contributed by atoms with Crippen LogP contribution in [-0.2, 0) is 0 Å². The Morgan fingerprint density at radius 3 is 2.29 bits per heavy atom. The molecule has 0 aromatic carbocycles. The van der Waals surface area contributed by atoms with Crippen molar-refractivity contribution in [3.8, 4) is 0 Å². The Morgan fingerprint density at radius 2 is 1.71 bits per heavy atom. The van der Waals surface area contributed by atoms with Gasteiger partial charge in [-0.3, -0.25) is 0 Å². The van der Waals surface area contributed by atoms with Gasteiger partial charge >= 0.3 is 0 Å². The SMILES string of the molecule is OCCSC(CS)CSCC(O)CSCCS. The Balaban J connectivity index is 3.45. The standard InChI is InChI=1S/C10H22O2S5/c11-1-3-17-10(5-14)8-16-7-9(12)6-15-4-2-13/h9-14H,1-8H2. The van der Waals surface area contributed by atoms with Gasteiger partial charge in [-0.05, 0) is 5.75 Å². The summed E-state index contributed by atoms with van der Waals surface area (Å²) in [5.41, 5.74) is 0. The molecule has 0 bridgehead atoms. The lowest BCUT2D eigenvalue weighted by atomic mass is 10.5. The zero-order chi connectivity index (χ0) is 12.9. The van der Waals surface area contributed by atoms with Crippen molar-refractivity contribution in [2.75, 3.05) is 46.9 Å². The lowest BCUT2D eigenvalue weighted by Crippen LogP contribution is -2.17. The highest BCUT2D eigenvalue weighted by Crippen LogP contribution is 2.19. The molecule has 0 radical (unpaired) electrons. The third kappa shape index (κ3) is 12.4. The summed E-state index contributed by atoms with van der Waals surface area (Å²) in [6.45, 7) is 0.225. The fraction of sp³-hybridized carbons (Fsp3) is 1.00. The van der Waals surface area contributed by atoms with Crippen LogP contribution >= 0.6 is 60.5 Å². The van der Waals surface area contributed by atoms with Crippen LogP contribution in [0.1, 0.15) is 0 Å². The molecule has 2 atom stereocenters. The highest BCUT2D eigenvalue weighted by atomic mass is 32.2. The fourth-order valence-electron chi connectivity index (χ4n) is 1.04. The molecule has 0 saturated carbocycles. The molecule has 2 N–H and O–H groups in total. The summed E-state index contributed by atoms with van der Waals surface area (Å²) in [6, 6.07) is 0. The van der Waals surface area contributed by atoms with E-state index in [1.54, 1.807) is 35.3 Å². The van der Waals surface area contributed by atoms with E-state index in [2.05, 4.69) is 25.3 Å². The first kappa shape index (κ1) is 18.7. The summed E-state index contributed by atoms with van der Waals surface area (Å²) < 4.78 is 0. The van der Waals surface area contributed by atoms with E-state index in [1.807, 2.05) is 0 Å². The van der Waals surface area contributed by atoms with Gasteiger partial charge in [0.2, 0.25) is 0 Å². The zero-order valence-electron chi connectivity index (χ0n) is 9.83. The van der Waals surface area contributed by atoms with Gasteiger partial charge in [0.1, 0.15) is 0 Å². The minimum Gasteiger partial charge on any atom is -0.396 e. The molecule has 2 unspecified atom stereocenters. The minimum atomic E-state index is -0.228. The van der Waals surface area contributed by atoms with E-state index < -0.39 is 0 Å². The molecule has 0 saturated heterocycles. The van der Waals surface area contributed by atoms with E-state index in [4.69, 9.17) is 5.11 Å². The Hall–Kier alpha value is 1.67. The quantitative estimate of drug-likeness (QED) is 0.323. The first-order valence-corrected chi connectivity index (χ1v) is 10.1. The van der Waals surface area contributed by atoms with Crippen molar-refractivity contribution >= 4 is 60.5 Å². The topological polar surface area (TPSA) is 40.5 Å².